The summed E-state index contributed by atoms with van der Waals surface area (Å²) in [5, 5.41) is 1.79. The molecule has 0 bridgehead atoms. The van der Waals surface area contributed by atoms with Gasteiger partial charge in [0.15, 0.2) is 0 Å². The summed E-state index contributed by atoms with van der Waals surface area (Å²) in [7, 11) is -2.72. The van der Waals surface area contributed by atoms with Crippen molar-refractivity contribution < 1.29 is 17.9 Å². The van der Waals surface area contributed by atoms with Gasteiger partial charge in [-0.15, -0.1) is 11.3 Å². The van der Waals surface area contributed by atoms with Crippen molar-refractivity contribution >= 4 is 44.6 Å². The molecule has 1 aromatic carbocycles. The van der Waals surface area contributed by atoms with Crippen LogP contribution in [0.4, 0.5) is 5.69 Å². The van der Waals surface area contributed by atoms with Crippen molar-refractivity contribution in [3.05, 3.63) is 45.1 Å². The van der Waals surface area contributed by atoms with E-state index >= 15 is 0 Å². The van der Waals surface area contributed by atoms with E-state index in [1.54, 1.807) is 18.2 Å². The summed E-state index contributed by atoms with van der Waals surface area (Å²) in [5.74, 6) is -0.694. The predicted molar refractivity (Wildman–Crippen MR) is 82.7 cm³/mol. The number of halogens is 1. The highest BCUT2D eigenvalue weighted by Gasteiger charge is 2.25. The Bertz CT molecular complexity index is 783. The van der Waals surface area contributed by atoms with Gasteiger partial charge >= 0.3 is 5.97 Å². The quantitative estimate of drug-likeness (QED) is 0.863. The van der Waals surface area contributed by atoms with Gasteiger partial charge in [-0.3, -0.25) is 4.72 Å². The molecule has 1 heterocycles. The van der Waals surface area contributed by atoms with E-state index in [0.29, 0.717) is 0 Å². The lowest BCUT2D eigenvalue weighted by molar-refractivity contribution is 0.0602. The van der Waals surface area contributed by atoms with Gasteiger partial charge < -0.3 is 4.74 Å². The van der Waals surface area contributed by atoms with E-state index in [-0.39, 0.29) is 20.5 Å². The van der Waals surface area contributed by atoms with E-state index in [1.807, 2.05) is 6.92 Å². The Morgan fingerprint density at radius 2 is 2.05 bits per heavy atom. The van der Waals surface area contributed by atoms with Gasteiger partial charge in [-0.1, -0.05) is 17.7 Å². The van der Waals surface area contributed by atoms with Crippen LogP contribution in [0.3, 0.4) is 0 Å². The second kappa shape index (κ2) is 6.05. The van der Waals surface area contributed by atoms with Crippen LogP contribution in [-0.2, 0) is 14.8 Å². The number of aryl methyl sites for hydroxylation is 1. The van der Waals surface area contributed by atoms with Crippen LogP contribution in [0.15, 0.2) is 34.5 Å². The molecule has 0 radical (unpaired) electrons. The minimum absolute atomic E-state index is 0.0220. The minimum atomic E-state index is -3.92. The van der Waals surface area contributed by atoms with Gasteiger partial charge in [-0.05, 0) is 36.1 Å². The highest BCUT2D eigenvalue weighted by molar-refractivity contribution is 7.93. The number of thiophene rings is 1. The fraction of sp³-hybridized carbons (Fsp3) is 0.154. The Morgan fingerprint density at radius 3 is 2.71 bits per heavy atom. The van der Waals surface area contributed by atoms with Gasteiger partial charge in [-0.2, -0.15) is 0 Å². The third-order valence-corrected chi connectivity index (χ3v) is 5.42. The standard InChI is InChI=1S/C13H12ClNO4S2/c1-8-3-4-9(14)10(7-8)15-21(17,18)11-5-6-20-12(11)13(16)19-2/h3-7,15H,1-2H3. The van der Waals surface area contributed by atoms with Crippen LogP contribution in [0.1, 0.15) is 15.2 Å². The molecule has 0 saturated carbocycles. The third-order valence-electron chi connectivity index (χ3n) is 2.66. The number of rotatable bonds is 4. The molecule has 0 saturated heterocycles. The highest BCUT2D eigenvalue weighted by atomic mass is 35.5. The molecule has 0 aliphatic carbocycles. The number of hydrogen-bond acceptors (Lipinski definition) is 5. The van der Waals surface area contributed by atoms with Crippen LogP contribution in [0.2, 0.25) is 5.02 Å². The summed E-state index contributed by atoms with van der Waals surface area (Å²) >= 11 is 6.98. The monoisotopic (exact) mass is 345 g/mol. The molecule has 0 spiro atoms. The Kier molecular flexibility index (Phi) is 4.55. The van der Waals surface area contributed by atoms with Gasteiger partial charge in [-0.25, -0.2) is 13.2 Å². The van der Waals surface area contributed by atoms with Crippen LogP contribution in [0.5, 0.6) is 0 Å². The molecule has 2 aromatic rings. The van der Waals surface area contributed by atoms with Crippen LogP contribution in [0.25, 0.3) is 0 Å². The van der Waals surface area contributed by atoms with E-state index in [1.165, 1.54) is 18.6 Å². The van der Waals surface area contributed by atoms with Crippen molar-refractivity contribution in [3.63, 3.8) is 0 Å². The molecule has 0 amide bonds. The number of ether oxygens (including phenoxy) is 1. The Labute approximate surface area is 131 Å². The molecule has 112 valence electrons. The number of anilines is 1. The summed E-state index contributed by atoms with van der Waals surface area (Å²) in [6.45, 7) is 1.82. The van der Waals surface area contributed by atoms with E-state index in [0.717, 1.165) is 16.9 Å². The van der Waals surface area contributed by atoms with Gasteiger partial charge in [0.1, 0.15) is 9.77 Å². The molecule has 21 heavy (non-hydrogen) atoms. The highest BCUT2D eigenvalue weighted by Crippen LogP contribution is 2.28. The maximum absolute atomic E-state index is 12.4. The second-order valence-electron chi connectivity index (χ2n) is 4.19. The van der Waals surface area contributed by atoms with Crippen molar-refractivity contribution in [1.29, 1.82) is 0 Å². The maximum atomic E-state index is 12.4. The Morgan fingerprint density at radius 1 is 1.33 bits per heavy atom. The molecular weight excluding hydrogens is 334 g/mol. The van der Waals surface area contributed by atoms with E-state index < -0.39 is 16.0 Å². The fourth-order valence-corrected chi connectivity index (χ4v) is 4.30. The molecule has 8 heteroatoms. The predicted octanol–water partition coefficient (Wildman–Crippen LogP) is 3.30. The summed E-state index contributed by atoms with van der Waals surface area (Å²) in [6.07, 6.45) is 0. The number of sulfonamides is 1. The van der Waals surface area contributed by atoms with E-state index in [2.05, 4.69) is 9.46 Å². The number of methoxy groups -OCH3 is 1. The summed E-state index contributed by atoms with van der Waals surface area (Å²) in [6, 6.07) is 6.33. The normalized spacial score (nSPS) is 11.2. The average molecular weight is 346 g/mol. The zero-order valence-corrected chi connectivity index (χ0v) is 13.6. The number of esters is 1. The first-order chi connectivity index (χ1) is 9.85. The molecule has 0 aliphatic heterocycles. The number of benzene rings is 1. The largest absolute Gasteiger partial charge is 0.465 e. The van der Waals surface area contributed by atoms with E-state index in [4.69, 9.17) is 11.6 Å². The van der Waals surface area contributed by atoms with Gasteiger partial charge in [0, 0.05) is 0 Å². The van der Waals surface area contributed by atoms with Gasteiger partial charge in [0.05, 0.1) is 17.8 Å². The fourth-order valence-electron chi connectivity index (χ4n) is 1.67. The van der Waals surface area contributed by atoms with Crippen LogP contribution in [0, 0.1) is 6.92 Å². The van der Waals surface area contributed by atoms with Crippen LogP contribution >= 0.6 is 22.9 Å². The third kappa shape index (κ3) is 3.37. The minimum Gasteiger partial charge on any atom is -0.465 e. The molecular formula is C13H12ClNO4S2. The molecule has 0 fully saturated rings. The zero-order valence-electron chi connectivity index (χ0n) is 11.2. The maximum Gasteiger partial charge on any atom is 0.349 e. The Balaban J connectivity index is 2.42. The lowest BCUT2D eigenvalue weighted by Gasteiger charge is -2.10. The molecule has 0 atom stereocenters. The Hall–Kier alpha value is -1.57. The lowest BCUT2D eigenvalue weighted by atomic mass is 10.2. The summed E-state index contributed by atoms with van der Waals surface area (Å²) in [5.41, 5.74) is 1.12. The molecule has 5 nitrogen and oxygen atoms in total. The first-order valence-corrected chi connectivity index (χ1v) is 8.54. The SMILES string of the molecule is COC(=O)c1sccc1S(=O)(=O)Nc1cc(C)ccc1Cl. The van der Waals surface area contributed by atoms with Crippen molar-refractivity contribution in [2.75, 3.05) is 11.8 Å². The molecule has 0 unspecified atom stereocenters. The van der Waals surface area contributed by atoms with Crippen LogP contribution < -0.4 is 4.72 Å². The number of hydrogen-bond donors (Lipinski definition) is 1. The molecule has 1 N–H and O–H groups in total. The molecule has 2 rings (SSSR count). The van der Waals surface area contributed by atoms with Crippen molar-refractivity contribution in [2.24, 2.45) is 0 Å². The first-order valence-electron chi connectivity index (χ1n) is 5.80. The number of carbonyl (C=O) groups excluding carboxylic acids is 1. The smallest absolute Gasteiger partial charge is 0.349 e. The first kappa shape index (κ1) is 15.8. The van der Waals surface area contributed by atoms with Gasteiger partial charge in [0.2, 0.25) is 0 Å². The lowest BCUT2D eigenvalue weighted by Crippen LogP contribution is -2.16. The van der Waals surface area contributed by atoms with Gasteiger partial charge in [0.25, 0.3) is 10.0 Å². The number of nitrogens with one attached hydrogen (secondary N) is 1. The van der Waals surface area contributed by atoms with Crippen LogP contribution in [-0.4, -0.2) is 21.5 Å². The van der Waals surface area contributed by atoms with E-state index in [9.17, 15) is 13.2 Å². The van der Waals surface area contributed by atoms with Crippen molar-refractivity contribution in [1.82, 2.24) is 0 Å². The zero-order chi connectivity index (χ0) is 15.6. The van der Waals surface area contributed by atoms with Crippen molar-refractivity contribution in [2.45, 2.75) is 11.8 Å². The van der Waals surface area contributed by atoms with Crippen molar-refractivity contribution in [3.8, 4) is 0 Å². The second-order valence-corrected chi connectivity index (χ2v) is 7.17. The molecule has 1 aromatic heterocycles. The summed E-state index contributed by atoms with van der Waals surface area (Å²) in [4.78, 5) is 11.5. The average Bonchev–Trinajstić information content (AvgIpc) is 2.92. The topological polar surface area (TPSA) is 72.5 Å². The summed E-state index contributed by atoms with van der Waals surface area (Å²) < 4.78 is 31.8. The molecule has 0 aliphatic rings. The number of carbonyl (C=O) groups is 1.